The molecular weight excluding hydrogens is 126 g/mol. The van der Waals surface area contributed by atoms with E-state index in [1.165, 1.54) is 0 Å². The normalized spacial score (nSPS) is 10.3. The number of nitrogens with two attached hydrogens (primary N) is 1. The predicted molar refractivity (Wildman–Crippen MR) is 40.5 cm³/mol. The van der Waals surface area contributed by atoms with Gasteiger partial charge in [-0.1, -0.05) is 13.8 Å². The van der Waals surface area contributed by atoms with Crippen molar-refractivity contribution >= 4 is 5.95 Å². The van der Waals surface area contributed by atoms with Crippen LogP contribution in [-0.2, 0) is 0 Å². The van der Waals surface area contributed by atoms with Crippen LogP contribution < -0.4 is 5.73 Å². The molecule has 3 heteroatoms. The van der Waals surface area contributed by atoms with Gasteiger partial charge in [0, 0.05) is 12.4 Å². The van der Waals surface area contributed by atoms with Crippen LogP contribution in [0.4, 0.5) is 5.95 Å². The highest BCUT2D eigenvalue weighted by atomic mass is 15.0. The van der Waals surface area contributed by atoms with Gasteiger partial charge in [-0.3, -0.25) is 0 Å². The van der Waals surface area contributed by atoms with Crippen LogP contribution in [0.5, 0.6) is 0 Å². The summed E-state index contributed by atoms with van der Waals surface area (Å²) < 4.78 is 0. The van der Waals surface area contributed by atoms with Gasteiger partial charge in [-0.15, -0.1) is 0 Å². The molecule has 3 nitrogen and oxygen atoms in total. The molecule has 0 radical (unpaired) electrons. The number of anilines is 1. The highest BCUT2D eigenvalue weighted by molar-refractivity contribution is 5.18. The molecule has 0 aliphatic rings. The summed E-state index contributed by atoms with van der Waals surface area (Å²) in [5.74, 6) is 0.810. The smallest absolute Gasteiger partial charge is 0.219 e. The van der Waals surface area contributed by atoms with E-state index < -0.39 is 0 Å². The average Bonchev–Trinajstić information content (AvgIpc) is 1.88. The first kappa shape index (κ1) is 6.99. The lowest BCUT2D eigenvalue weighted by molar-refractivity contribution is 0.848. The molecule has 0 bridgehead atoms. The summed E-state index contributed by atoms with van der Waals surface area (Å²) in [6.07, 6.45) is 3.51. The molecule has 0 saturated heterocycles. The minimum Gasteiger partial charge on any atom is -0.368 e. The summed E-state index contributed by atoms with van der Waals surface area (Å²) in [4.78, 5) is 7.73. The molecule has 0 saturated carbocycles. The molecule has 0 amide bonds. The van der Waals surface area contributed by atoms with Crippen molar-refractivity contribution in [2.24, 2.45) is 0 Å². The number of rotatable bonds is 1. The minimum absolute atomic E-state index is 0.337. The van der Waals surface area contributed by atoms with E-state index in [0.29, 0.717) is 11.9 Å². The van der Waals surface area contributed by atoms with Crippen LogP contribution in [0.25, 0.3) is 0 Å². The molecule has 1 rings (SSSR count). The first-order valence-electron chi connectivity index (χ1n) is 3.27. The molecule has 2 N–H and O–H groups in total. The second-order valence-corrected chi connectivity index (χ2v) is 2.53. The maximum absolute atomic E-state index is 5.30. The molecule has 54 valence electrons. The SMILES string of the molecule is CC(C)c1cnc(N)nc1. The van der Waals surface area contributed by atoms with E-state index in [1.54, 1.807) is 12.4 Å². The Morgan fingerprint density at radius 2 is 1.80 bits per heavy atom. The lowest BCUT2D eigenvalue weighted by Gasteiger charge is -2.01. The van der Waals surface area contributed by atoms with E-state index in [-0.39, 0.29) is 0 Å². The third-order valence-corrected chi connectivity index (χ3v) is 1.36. The van der Waals surface area contributed by atoms with Gasteiger partial charge < -0.3 is 5.73 Å². The fraction of sp³-hybridized carbons (Fsp3) is 0.429. The molecule has 1 heterocycles. The van der Waals surface area contributed by atoms with Gasteiger partial charge >= 0.3 is 0 Å². The molecular formula is C7H11N3. The van der Waals surface area contributed by atoms with Crippen molar-refractivity contribution in [2.75, 3.05) is 5.73 Å². The summed E-state index contributed by atoms with van der Waals surface area (Å²) in [5, 5.41) is 0. The van der Waals surface area contributed by atoms with E-state index >= 15 is 0 Å². The number of hydrogen-bond acceptors (Lipinski definition) is 3. The van der Waals surface area contributed by atoms with Gasteiger partial charge in [0.25, 0.3) is 0 Å². The van der Waals surface area contributed by atoms with Gasteiger partial charge in [0.1, 0.15) is 0 Å². The largest absolute Gasteiger partial charge is 0.368 e. The average molecular weight is 137 g/mol. The summed E-state index contributed by atoms with van der Waals surface area (Å²) >= 11 is 0. The summed E-state index contributed by atoms with van der Waals surface area (Å²) in [5.41, 5.74) is 6.42. The minimum atomic E-state index is 0.337. The third-order valence-electron chi connectivity index (χ3n) is 1.36. The van der Waals surface area contributed by atoms with Crippen LogP contribution in [0, 0.1) is 0 Å². The Kier molecular flexibility index (Phi) is 1.85. The second-order valence-electron chi connectivity index (χ2n) is 2.53. The second kappa shape index (κ2) is 2.64. The lowest BCUT2D eigenvalue weighted by atomic mass is 10.1. The van der Waals surface area contributed by atoms with Gasteiger partial charge in [-0.25, -0.2) is 9.97 Å². The molecule has 0 aliphatic carbocycles. The fourth-order valence-electron chi connectivity index (χ4n) is 0.646. The van der Waals surface area contributed by atoms with Gasteiger partial charge in [0.2, 0.25) is 5.95 Å². The van der Waals surface area contributed by atoms with Crippen LogP contribution in [0.1, 0.15) is 25.3 Å². The Morgan fingerprint density at radius 1 is 1.30 bits per heavy atom. The van der Waals surface area contributed by atoms with Gasteiger partial charge in [0.15, 0.2) is 0 Å². The van der Waals surface area contributed by atoms with Crippen LogP contribution in [0.2, 0.25) is 0 Å². The monoisotopic (exact) mass is 137 g/mol. The van der Waals surface area contributed by atoms with Crippen LogP contribution in [0.15, 0.2) is 12.4 Å². The lowest BCUT2D eigenvalue weighted by Crippen LogP contribution is -1.96. The van der Waals surface area contributed by atoms with E-state index in [9.17, 15) is 0 Å². The highest BCUT2D eigenvalue weighted by Crippen LogP contribution is 2.10. The molecule has 10 heavy (non-hydrogen) atoms. The van der Waals surface area contributed by atoms with Crippen LogP contribution in [-0.4, -0.2) is 9.97 Å². The van der Waals surface area contributed by atoms with Crippen molar-refractivity contribution in [1.29, 1.82) is 0 Å². The van der Waals surface area contributed by atoms with Crippen molar-refractivity contribution in [2.45, 2.75) is 19.8 Å². The third kappa shape index (κ3) is 1.43. The Hall–Kier alpha value is -1.12. The molecule has 0 unspecified atom stereocenters. The Bertz CT molecular complexity index is 203. The van der Waals surface area contributed by atoms with Crippen molar-refractivity contribution in [3.05, 3.63) is 18.0 Å². The standard InChI is InChI=1S/C7H11N3/c1-5(2)6-3-9-7(8)10-4-6/h3-5H,1-2H3,(H2,8,9,10). The first-order valence-corrected chi connectivity index (χ1v) is 3.27. The van der Waals surface area contributed by atoms with E-state index in [4.69, 9.17) is 5.73 Å². The van der Waals surface area contributed by atoms with E-state index in [1.807, 2.05) is 0 Å². The number of nitrogen functional groups attached to an aromatic ring is 1. The molecule has 0 aromatic carbocycles. The zero-order valence-electron chi connectivity index (χ0n) is 6.20. The van der Waals surface area contributed by atoms with Gasteiger partial charge in [0.05, 0.1) is 0 Å². The molecule has 0 fully saturated rings. The Morgan fingerprint density at radius 3 is 2.20 bits per heavy atom. The molecule has 0 atom stereocenters. The number of aromatic nitrogens is 2. The highest BCUT2D eigenvalue weighted by Gasteiger charge is 1.97. The van der Waals surface area contributed by atoms with Crippen molar-refractivity contribution < 1.29 is 0 Å². The zero-order valence-corrected chi connectivity index (χ0v) is 6.20. The topological polar surface area (TPSA) is 51.8 Å². The van der Waals surface area contributed by atoms with Gasteiger partial charge in [-0.2, -0.15) is 0 Å². The molecule has 0 aliphatic heterocycles. The van der Waals surface area contributed by atoms with E-state index in [0.717, 1.165) is 5.56 Å². The predicted octanol–water partition coefficient (Wildman–Crippen LogP) is 1.18. The summed E-state index contributed by atoms with van der Waals surface area (Å²) in [7, 11) is 0. The number of nitrogens with zero attached hydrogens (tertiary/aromatic N) is 2. The molecule has 1 aromatic rings. The quantitative estimate of drug-likeness (QED) is 0.632. The summed E-state index contributed by atoms with van der Waals surface area (Å²) in [6, 6.07) is 0. The Balaban J connectivity index is 2.89. The zero-order chi connectivity index (χ0) is 7.56. The maximum Gasteiger partial charge on any atom is 0.219 e. The molecule has 0 spiro atoms. The van der Waals surface area contributed by atoms with Crippen molar-refractivity contribution in [1.82, 2.24) is 9.97 Å². The van der Waals surface area contributed by atoms with Gasteiger partial charge in [-0.05, 0) is 11.5 Å². The number of hydrogen-bond donors (Lipinski definition) is 1. The van der Waals surface area contributed by atoms with Crippen molar-refractivity contribution in [3.8, 4) is 0 Å². The van der Waals surface area contributed by atoms with Crippen LogP contribution in [0.3, 0.4) is 0 Å². The van der Waals surface area contributed by atoms with E-state index in [2.05, 4.69) is 23.8 Å². The Labute approximate surface area is 60.3 Å². The molecule has 1 aromatic heterocycles. The summed E-state index contributed by atoms with van der Waals surface area (Å²) in [6.45, 7) is 4.18. The maximum atomic E-state index is 5.30. The van der Waals surface area contributed by atoms with Crippen LogP contribution >= 0.6 is 0 Å². The first-order chi connectivity index (χ1) is 4.70. The van der Waals surface area contributed by atoms with Crippen molar-refractivity contribution in [3.63, 3.8) is 0 Å². The fourth-order valence-corrected chi connectivity index (χ4v) is 0.646.